The predicted octanol–water partition coefficient (Wildman–Crippen LogP) is 19.2. The summed E-state index contributed by atoms with van der Waals surface area (Å²) < 4.78 is 7.74. The molecule has 0 bridgehead atoms. The van der Waals surface area contributed by atoms with Crippen LogP contribution in [-0.4, -0.2) is 10.3 Å². The van der Waals surface area contributed by atoms with Gasteiger partial charge in [0, 0.05) is 52.0 Å². The molecule has 0 aliphatic carbocycles. The average Bonchev–Trinajstić information content (AvgIpc) is 4.07. The van der Waals surface area contributed by atoms with E-state index >= 15 is 0 Å². The molecule has 0 saturated heterocycles. The maximum absolute atomic E-state index is 5.82. The van der Waals surface area contributed by atoms with Gasteiger partial charge in [-0.15, -0.1) is 22.7 Å². The number of rotatable bonds is 6. The lowest BCUT2D eigenvalue weighted by Crippen LogP contribution is -2.08. The van der Waals surface area contributed by atoms with Crippen molar-refractivity contribution in [3.8, 4) is 5.69 Å². The summed E-state index contributed by atoms with van der Waals surface area (Å²) in [6.45, 7) is 6.87. The minimum atomic E-state index is -0.0955. The molecule has 1 atom stereocenters. The second-order valence-electron chi connectivity index (χ2n) is 18.7. The standard InChI is InChI=1S/C65H44N2S2/c1-38(39(2)63(66-40(3)43-28-27-41-15-4-5-17-44(41)31-43)53-24-14-26-61-62(53)52-23-12-13-25-60(52)68-61)49-34-56-51-30-29-42-16-10-11-22-50(42)64(51)69-65(56)59(37-49)67-57-35-47-20-8-6-18-45(47)32-54(57)55-33-46-19-7-9-21-48(46)36-58(55)67/h4-37,40H,1-3H3/b39-38+,66-63?/t40-/m0/s1. The summed E-state index contributed by atoms with van der Waals surface area (Å²) in [7, 11) is 0. The van der Waals surface area contributed by atoms with Crippen LogP contribution in [0.5, 0.6) is 0 Å². The van der Waals surface area contributed by atoms with Gasteiger partial charge in [-0.2, -0.15) is 0 Å². The molecule has 4 heteroatoms. The second kappa shape index (κ2) is 15.6. The van der Waals surface area contributed by atoms with Gasteiger partial charge in [-0.3, -0.25) is 4.99 Å². The summed E-state index contributed by atoms with van der Waals surface area (Å²) in [5, 5.41) is 17.6. The highest BCUT2D eigenvalue weighted by molar-refractivity contribution is 7.27. The summed E-state index contributed by atoms with van der Waals surface area (Å²) in [6, 6.07) is 76.6. The van der Waals surface area contributed by atoms with E-state index in [9.17, 15) is 0 Å². The molecular formula is C65H44N2S2. The Morgan fingerprint density at radius 3 is 1.72 bits per heavy atom. The van der Waals surface area contributed by atoms with Crippen LogP contribution in [0.25, 0.3) is 117 Å². The fourth-order valence-electron chi connectivity index (χ4n) is 11.1. The predicted molar refractivity (Wildman–Crippen MR) is 303 cm³/mol. The van der Waals surface area contributed by atoms with E-state index in [0.29, 0.717) is 0 Å². The molecule has 326 valence electrons. The van der Waals surface area contributed by atoms with Gasteiger partial charge in [0.1, 0.15) is 0 Å². The molecule has 0 spiro atoms. The Kier molecular flexibility index (Phi) is 9.08. The van der Waals surface area contributed by atoms with E-state index in [1.165, 1.54) is 139 Å². The maximum atomic E-state index is 5.82. The van der Waals surface area contributed by atoms with Crippen LogP contribution in [0.2, 0.25) is 0 Å². The van der Waals surface area contributed by atoms with Gasteiger partial charge in [-0.25, -0.2) is 0 Å². The normalized spacial score (nSPS) is 13.4. The fraction of sp³-hybridized carbons (Fsp3) is 0.0615. The molecule has 14 aromatic rings. The maximum Gasteiger partial charge on any atom is 0.0728 e. The number of hydrogen-bond acceptors (Lipinski definition) is 3. The van der Waals surface area contributed by atoms with Gasteiger partial charge in [0.05, 0.1) is 33.2 Å². The van der Waals surface area contributed by atoms with Crippen LogP contribution in [0.15, 0.2) is 217 Å². The molecule has 11 aromatic carbocycles. The van der Waals surface area contributed by atoms with Crippen LogP contribution in [0.4, 0.5) is 0 Å². The van der Waals surface area contributed by atoms with Crippen molar-refractivity contribution in [3.05, 3.63) is 229 Å². The number of aliphatic imine (C=N–C) groups is 1. The molecule has 3 aromatic heterocycles. The van der Waals surface area contributed by atoms with Crippen molar-refractivity contribution in [2.45, 2.75) is 26.8 Å². The first-order valence-electron chi connectivity index (χ1n) is 23.8. The molecule has 3 heterocycles. The topological polar surface area (TPSA) is 17.3 Å². The Morgan fingerprint density at radius 2 is 1.01 bits per heavy atom. The molecule has 14 rings (SSSR count). The number of benzene rings is 11. The van der Waals surface area contributed by atoms with E-state index in [2.05, 4.69) is 232 Å². The molecule has 0 aliphatic heterocycles. The number of nitrogens with zero attached hydrogens (tertiary/aromatic N) is 2. The summed E-state index contributed by atoms with van der Waals surface area (Å²) in [5.74, 6) is 0. The van der Waals surface area contributed by atoms with Gasteiger partial charge >= 0.3 is 0 Å². The highest BCUT2D eigenvalue weighted by atomic mass is 32.1. The van der Waals surface area contributed by atoms with Crippen molar-refractivity contribution in [1.82, 2.24) is 4.57 Å². The third-order valence-electron chi connectivity index (χ3n) is 14.8. The molecule has 69 heavy (non-hydrogen) atoms. The third-order valence-corrected chi connectivity index (χ3v) is 17.2. The lowest BCUT2D eigenvalue weighted by atomic mass is 9.91. The smallest absolute Gasteiger partial charge is 0.0728 e. The van der Waals surface area contributed by atoms with E-state index in [4.69, 9.17) is 4.99 Å². The number of aromatic nitrogens is 1. The van der Waals surface area contributed by atoms with Crippen molar-refractivity contribution in [3.63, 3.8) is 0 Å². The SMILES string of the molecule is C/C(C(=N[C@@H](C)c1ccc2ccccc2c1)c1cccc2sc3ccccc3c12)=C(/C)c1cc(-n2c3cc4ccccc4cc3c3cc4ccccc4cc32)c2sc3c4ccccc4ccc3c2c1. The van der Waals surface area contributed by atoms with Crippen LogP contribution >= 0.6 is 22.7 Å². The third kappa shape index (κ3) is 6.33. The zero-order valence-corrected chi connectivity index (χ0v) is 40.1. The Hall–Kier alpha value is -7.89. The molecule has 0 saturated carbocycles. The van der Waals surface area contributed by atoms with Crippen molar-refractivity contribution in [2.24, 2.45) is 4.99 Å². The largest absolute Gasteiger partial charge is 0.308 e. The van der Waals surface area contributed by atoms with E-state index in [1.54, 1.807) is 0 Å². The number of fused-ring (bicyclic) bond motifs is 14. The fourth-order valence-corrected chi connectivity index (χ4v) is 13.5. The van der Waals surface area contributed by atoms with Crippen LogP contribution in [-0.2, 0) is 0 Å². The van der Waals surface area contributed by atoms with E-state index in [-0.39, 0.29) is 6.04 Å². The zero-order chi connectivity index (χ0) is 45.9. The molecule has 0 fully saturated rings. The lowest BCUT2D eigenvalue weighted by Gasteiger charge is -2.18. The molecule has 0 radical (unpaired) electrons. The molecule has 0 unspecified atom stereocenters. The molecular weight excluding hydrogens is 873 g/mol. The molecule has 0 N–H and O–H groups in total. The highest BCUT2D eigenvalue weighted by Crippen LogP contribution is 2.46. The van der Waals surface area contributed by atoms with Gasteiger partial charge in [0.2, 0.25) is 0 Å². The van der Waals surface area contributed by atoms with Gasteiger partial charge < -0.3 is 4.57 Å². The van der Waals surface area contributed by atoms with Gasteiger partial charge in [0.15, 0.2) is 0 Å². The summed E-state index contributed by atoms with van der Waals surface area (Å²) >= 11 is 3.78. The first kappa shape index (κ1) is 40.2. The Bertz CT molecular complexity index is 4440. The molecule has 0 aliphatic rings. The van der Waals surface area contributed by atoms with Crippen LogP contribution in [0, 0.1) is 0 Å². The lowest BCUT2D eigenvalue weighted by molar-refractivity contribution is 0.822. The Morgan fingerprint density at radius 1 is 0.435 bits per heavy atom. The van der Waals surface area contributed by atoms with E-state index in [0.717, 1.165) is 5.71 Å². The minimum Gasteiger partial charge on any atom is -0.308 e. The molecule has 2 nitrogen and oxygen atoms in total. The quantitative estimate of drug-likeness (QED) is 0.148. The number of hydrogen-bond donors (Lipinski definition) is 0. The zero-order valence-electron chi connectivity index (χ0n) is 38.4. The van der Waals surface area contributed by atoms with Gasteiger partial charge in [-0.05, 0) is 141 Å². The summed E-state index contributed by atoms with van der Waals surface area (Å²) in [5.41, 5.74) is 10.6. The average molecular weight is 917 g/mol. The van der Waals surface area contributed by atoms with Gasteiger partial charge in [0.25, 0.3) is 0 Å². The van der Waals surface area contributed by atoms with Crippen molar-refractivity contribution < 1.29 is 0 Å². The summed E-state index contributed by atoms with van der Waals surface area (Å²) in [4.78, 5) is 5.82. The highest BCUT2D eigenvalue weighted by Gasteiger charge is 2.23. The van der Waals surface area contributed by atoms with E-state index in [1.807, 2.05) is 22.7 Å². The first-order chi connectivity index (χ1) is 33.9. The number of allylic oxidation sites excluding steroid dienone is 2. The van der Waals surface area contributed by atoms with Crippen molar-refractivity contribution >= 4 is 139 Å². The second-order valence-corrected chi connectivity index (χ2v) is 20.8. The molecule has 0 amide bonds. The monoisotopic (exact) mass is 916 g/mol. The Balaban J connectivity index is 1.08. The number of thiophene rings is 2. The minimum absolute atomic E-state index is 0.0955. The van der Waals surface area contributed by atoms with Gasteiger partial charge in [-0.1, -0.05) is 152 Å². The summed E-state index contributed by atoms with van der Waals surface area (Å²) in [6.07, 6.45) is 0. The van der Waals surface area contributed by atoms with Crippen molar-refractivity contribution in [1.29, 1.82) is 0 Å². The van der Waals surface area contributed by atoms with E-state index < -0.39 is 0 Å². The van der Waals surface area contributed by atoms with Crippen LogP contribution < -0.4 is 0 Å². The Labute approximate surface area is 407 Å². The van der Waals surface area contributed by atoms with Crippen LogP contribution in [0.3, 0.4) is 0 Å². The van der Waals surface area contributed by atoms with Crippen LogP contribution in [0.1, 0.15) is 43.5 Å². The first-order valence-corrected chi connectivity index (χ1v) is 25.5. The van der Waals surface area contributed by atoms with Crippen molar-refractivity contribution in [2.75, 3.05) is 0 Å².